The second-order valence-electron chi connectivity index (χ2n) is 7.33. The Bertz CT molecular complexity index is 1110. The Morgan fingerprint density at radius 3 is 2.66 bits per heavy atom. The number of benzene rings is 2. The van der Waals surface area contributed by atoms with Crippen molar-refractivity contribution >= 4 is 39.2 Å². The molecule has 8 heteroatoms. The molecule has 32 heavy (non-hydrogen) atoms. The van der Waals surface area contributed by atoms with Crippen LogP contribution in [-0.4, -0.2) is 47.3 Å². The van der Waals surface area contributed by atoms with Gasteiger partial charge in [-0.3, -0.25) is 4.98 Å². The highest BCUT2D eigenvalue weighted by molar-refractivity contribution is 14.1. The summed E-state index contributed by atoms with van der Waals surface area (Å²) in [5, 5.41) is 20.7. The Balaban J connectivity index is 1.85. The first kappa shape index (κ1) is 24.0. The van der Waals surface area contributed by atoms with E-state index in [9.17, 15) is 10.4 Å². The minimum absolute atomic E-state index is 0.0946. The van der Waals surface area contributed by atoms with Crippen LogP contribution in [0.5, 0.6) is 17.2 Å². The lowest BCUT2D eigenvalue weighted by Gasteiger charge is -2.22. The fraction of sp³-hybridized carbons (Fsp3) is 0.333. The smallest absolute Gasteiger partial charge is 0.139 e. The highest BCUT2D eigenvalue weighted by atomic mass is 127. The second kappa shape index (κ2) is 11.3. The molecular weight excluding hydrogens is 519 g/mol. The number of nitrogen functional groups attached to an aromatic ring is 1. The number of nitriles is 1. The van der Waals surface area contributed by atoms with Crippen molar-refractivity contribution in [1.82, 2.24) is 9.88 Å². The van der Waals surface area contributed by atoms with Gasteiger partial charge in [0.2, 0.25) is 0 Å². The predicted octanol–water partition coefficient (Wildman–Crippen LogP) is 4.50. The molecule has 7 nitrogen and oxygen atoms in total. The topological polar surface area (TPSA) is 105 Å². The quantitative estimate of drug-likeness (QED) is 0.219. The van der Waals surface area contributed by atoms with Crippen LogP contribution in [-0.2, 0) is 4.43 Å². The molecule has 0 spiro atoms. The average Bonchev–Trinajstić information content (AvgIpc) is 2.81. The Morgan fingerprint density at radius 1 is 1.19 bits per heavy atom. The van der Waals surface area contributed by atoms with Gasteiger partial charge >= 0.3 is 0 Å². The van der Waals surface area contributed by atoms with Crippen molar-refractivity contribution in [3.63, 3.8) is 0 Å². The van der Waals surface area contributed by atoms with Crippen LogP contribution < -0.4 is 15.2 Å². The molecule has 3 N–H and O–H groups in total. The molecule has 0 radical (unpaired) electrons. The lowest BCUT2D eigenvalue weighted by molar-refractivity contribution is 0.0716. The number of rotatable bonds is 10. The number of ether oxygens (including phenoxy) is 2. The molecule has 0 aliphatic carbocycles. The molecule has 1 atom stereocenters. The number of aliphatic hydroxyl groups is 1. The van der Waals surface area contributed by atoms with E-state index in [2.05, 4.69) is 38.5 Å². The van der Waals surface area contributed by atoms with Crippen molar-refractivity contribution < 1.29 is 14.6 Å². The maximum Gasteiger partial charge on any atom is 0.139 e. The van der Waals surface area contributed by atoms with Gasteiger partial charge in [0.1, 0.15) is 36.0 Å². The van der Waals surface area contributed by atoms with E-state index >= 15 is 0 Å². The number of halogens is 1. The van der Waals surface area contributed by atoms with Crippen LogP contribution in [0.15, 0.2) is 42.6 Å². The average molecular weight is 546 g/mol. The number of aliphatic hydroxyl groups excluding tert-OH is 1. The summed E-state index contributed by atoms with van der Waals surface area (Å²) in [7, 11) is 0. The van der Waals surface area contributed by atoms with Crippen molar-refractivity contribution in [2.24, 2.45) is 0 Å². The number of aromatic nitrogens is 1. The fourth-order valence-electron chi connectivity index (χ4n) is 3.35. The van der Waals surface area contributed by atoms with Gasteiger partial charge in [0, 0.05) is 34.3 Å². The van der Waals surface area contributed by atoms with Crippen molar-refractivity contribution in [3.8, 4) is 23.3 Å². The Kier molecular flexibility index (Phi) is 8.50. The number of nitrogens with zero attached hydrogens (tertiary/aromatic N) is 3. The lowest BCUT2D eigenvalue weighted by atomic mass is 10.1. The van der Waals surface area contributed by atoms with Crippen molar-refractivity contribution in [2.75, 3.05) is 32.0 Å². The first-order chi connectivity index (χ1) is 15.5. The standard InChI is InChI=1S/C24H27IN4O3/c1-3-29(4-2)14-18(30)15-31-24-11-22-20(10-17(24)13-26)23(7-8-28-22)32-19-5-6-21(27)16(9-19)12-25/h5-11,18,30H,3-4,12,14-15,27H2,1-2H3/t18-/m1/s1. The van der Waals surface area contributed by atoms with E-state index in [1.807, 2.05) is 32.0 Å². The first-order valence-electron chi connectivity index (χ1n) is 10.5. The minimum atomic E-state index is -0.655. The zero-order valence-corrected chi connectivity index (χ0v) is 20.4. The predicted molar refractivity (Wildman–Crippen MR) is 134 cm³/mol. The van der Waals surface area contributed by atoms with E-state index in [-0.39, 0.29) is 6.61 Å². The Morgan fingerprint density at radius 2 is 1.97 bits per heavy atom. The number of pyridine rings is 1. The zero-order chi connectivity index (χ0) is 23.1. The molecule has 3 rings (SSSR count). The molecule has 3 aromatic rings. The van der Waals surface area contributed by atoms with Crippen LogP contribution in [0.4, 0.5) is 5.69 Å². The van der Waals surface area contributed by atoms with Gasteiger partial charge in [-0.25, -0.2) is 0 Å². The molecule has 0 amide bonds. The number of likely N-dealkylation sites (N-methyl/N-ethyl adjacent to an activating group) is 1. The molecule has 1 aromatic heterocycles. The zero-order valence-electron chi connectivity index (χ0n) is 18.2. The van der Waals surface area contributed by atoms with E-state index in [0.717, 1.165) is 28.8 Å². The number of hydrogen-bond acceptors (Lipinski definition) is 7. The van der Waals surface area contributed by atoms with Crippen molar-refractivity contribution in [1.29, 1.82) is 5.26 Å². The largest absolute Gasteiger partial charge is 0.489 e. The third kappa shape index (κ3) is 5.79. The number of hydrogen-bond donors (Lipinski definition) is 2. The van der Waals surface area contributed by atoms with Gasteiger partial charge < -0.3 is 25.2 Å². The monoisotopic (exact) mass is 546 g/mol. The van der Waals surface area contributed by atoms with Crippen LogP contribution in [0.2, 0.25) is 0 Å². The van der Waals surface area contributed by atoms with E-state index in [4.69, 9.17) is 15.2 Å². The van der Waals surface area contributed by atoms with Gasteiger partial charge in [-0.05, 0) is 49.0 Å². The molecule has 0 saturated heterocycles. The maximum absolute atomic E-state index is 10.3. The highest BCUT2D eigenvalue weighted by Gasteiger charge is 2.15. The SMILES string of the molecule is CCN(CC)C[C@@H](O)COc1cc2nccc(Oc3ccc(N)c(CI)c3)c2cc1C#N. The van der Waals surface area contributed by atoms with Crippen molar-refractivity contribution in [3.05, 3.63) is 53.7 Å². The van der Waals surface area contributed by atoms with Crippen LogP contribution in [0.3, 0.4) is 0 Å². The third-order valence-corrected chi connectivity index (χ3v) is 6.03. The summed E-state index contributed by atoms with van der Waals surface area (Å²) in [5.41, 5.74) is 8.71. The molecular formula is C24H27IN4O3. The van der Waals surface area contributed by atoms with Crippen LogP contribution in [0.25, 0.3) is 10.9 Å². The summed E-state index contributed by atoms with van der Waals surface area (Å²) >= 11 is 2.26. The summed E-state index contributed by atoms with van der Waals surface area (Å²) in [6, 6.07) is 12.9. The summed E-state index contributed by atoms with van der Waals surface area (Å²) < 4.78 is 12.7. The molecule has 0 fully saturated rings. The van der Waals surface area contributed by atoms with E-state index in [1.54, 1.807) is 24.4 Å². The molecule has 0 aliphatic rings. The maximum atomic E-state index is 10.3. The van der Waals surface area contributed by atoms with E-state index in [0.29, 0.717) is 40.3 Å². The van der Waals surface area contributed by atoms with Gasteiger partial charge in [-0.1, -0.05) is 36.4 Å². The number of nitrogens with two attached hydrogens (primary N) is 1. The van der Waals surface area contributed by atoms with Gasteiger partial charge in [0.15, 0.2) is 0 Å². The van der Waals surface area contributed by atoms with Gasteiger partial charge in [-0.15, -0.1) is 0 Å². The molecule has 0 bridgehead atoms. The normalized spacial score (nSPS) is 12.0. The second-order valence-corrected chi connectivity index (χ2v) is 8.10. The molecule has 0 saturated carbocycles. The molecule has 1 heterocycles. The highest BCUT2D eigenvalue weighted by Crippen LogP contribution is 2.34. The molecule has 168 valence electrons. The number of alkyl halides is 1. The first-order valence-corrected chi connectivity index (χ1v) is 12.0. The van der Waals surface area contributed by atoms with E-state index < -0.39 is 6.10 Å². The number of fused-ring (bicyclic) bond motifs is 1. The van der Waals surface area contributed by atoms with Crippen molar-refractivity contribution in [2.45, 2.75) is 24.4 Å². The fourth-order valence-corrected chi connectivity index (χ4v) is 4.01. The van der Waals surface area contributed by atoms with Gasteiger partial charge in [0.05, 0.1) is 11.1 Å². The van der Waals surface area contributed by atoms with Crippen LogP contribution in [0, 0.1) is 11.3 Å². The van der Waals surface area contributed by atoms with Gasteiger partial charge in [-0.2, -0.15) is 5.26 Å². The molecule has 0 unspecified atom stereocenters. The molecule has 2 aromatic carbocycles. The molecule has 0 aliphatic heterocycles. The lowest BCUT2D eigenvalue weighted by Crippen LogP contribution is -2.35. The van der Waals surface area contributed by atoms with Gasteiger partial charge in [0.25, 0.3) is 0 Å². The Labute approximate surface area is 201 Å². The van der Waals surface area contributed by atoms with Crippen LogP contribution in [0.1, 0.15) is 25.0 Å². The summed E-state index contributed by atoms with van der Waals surface area (Å²) in [6.07, 6.45) is 0.997. The minimum Gasteiger partial charge on any atom is -0.489 e. The van der Waals surface area contributed by atoms with E-state index in [1.165, 1.54) is 0 Å². The third-order valence-electron chi connectivity index (χ3n) is 5.20. The summed E-state index contributed by atoms with van der Waals surface area (Å²) in [6.45, 7) is 6.41. The van der Waals surface area contributed by atoms with Crippen LogP contribution >= 0.6 is 22.6 Å². The number of anilines is 1. The summed E-state index contributed by atoms with van der Waals surface area (Å²) in [4.78, 5) is 6.52. The summed E-state index contributed by atoms with van der Waals surface area (Å²) in [5.74, 6) is 1.64. The Hall–Kier alpha value is -2.61.